The van der Waals surface area contributed by atoms with Crippen molar-refractivity contribution in [3.63, 3.8) is 0 Å². The van der Waals surface area contributed by atoms with Gasteiger partial charge < -0.3 is 0 Å². The first-order valence-electron chi connectivity index (χ1n) is 6.94. The van der Waals surface area contributed by atoms with Crippen molar-refractivity contribution in [2.75, 3.05) is 0 Å². The van der Waals surface area contributed by atoms with E-state index in [9.17, 15) is 8.42 Å². The van der Waals surface area contributed by atoms with E-state index in [1.54, 1.807) is 18.3 Å². The second kappa shape index (κ2) is 5.80. The quantitative estimate of drug-likeness (QED) is 0.912. The third-order valence-corrected chi connectivity index (χ3v) is 5.99. The minimum absolute atomic E-state index is 0.116. The Morgan fingerprint density at radius 1 is 1.45 bits per heavy atom. The minimum Gasteiger partial charge on any atom is -0.248 e. The Morgan fingerprint density at radius 2 is 2.23 bits per heavy atom. The highest BCUT2D eigenvalue weighted by molar-refractivity contribution is 7.89. The zero-order valence-electron chi connectivity index (χ0n) is 12.0. The number of rotatable bonds is 5. The number of sulfonamides is 1. The van der Waals surface area contributed by atoms with Crippen molar-refractivity contribution in [2.24, 2.45) is 5.92 Å². The van der Waals surface area contributed by atoms with Crippen LogP contribution in [0.1, 0.15) is 34.3 Å². The molecule has 1 saturated carbocycles. The van der Waals surface area contributed by atoms with Gasteiger partial charge in [0.2, 0.25) is 10.0 Å². The summed E-state index contributed by atoms with van der Waals surface area (Å²) in [6.07, 6.45) is 3.77. The van der Waals surface area contributed by atoms with Crippen LogP contribution < -0.4 is 4.72 Å². The molecule has 1 fully saturated rings. The maximum absolute atomic E-state index is 12.6. The van der Waals surface area contributed by atoms with E-state index in [1.807, 2.05) is 13.0 Å². The van der Waals surface area contributed by atoms with E-state index in [0.717, 1.165) is 22.7 Å². The maximum atomic E-state index is 12.6. The molecule has 1 aliphatic rings. The number of hydrogen-bond donors (Lipinski definition) is 1. The predicted octanol–water partition coefficient (Wildman–Crippen LogP) is 2.75. The van der Waals surface area contributed by atoms with Crippen LogP contribution in [0.2, 0.25) is 0 Å². The standard InChI is InChI=1S/C15H15N3O2S2/c1-10-9-17-15(21-10)14(12-5-6-12)18-22(19,20)13-4-2-3-11(7-13)8-16/h2-4,7,9,12,14,18H,5-6H2,1H3. The lowest BCUT2D eigenvalue weighted by molar-refractivity contribution is 0.527. The van der Waals surface area contributed by atoms with Gasteiger partial charge in [0, 0.05) is 11.1 Å². The van der Waals surface area contributed by atoms with Gasteiger partial charge in [-0.1, -0.05) is 6.07 Å². The number of thiazole rings is 1. The van der Waals surface area contributed by atoms with E-state index in [0.29, 0.717) is 11.5 Å². The van der Waals surface area contributed by atoms with Crippen molar-refractivity contribution in [1.82, 2.24) is 9.71 Å². The fraction of sp³-hybridized carbons (Fsp3) is 0.333. The molecule has 0 bridgehead atoms. The number of benzene rings is 1. The van der Waals surface area contributed by atoms with Crippen LogP contribution in [0.15, 0.2) is 35.4 Å². The normalized spacial score (nSPS) is 16.2. The van der Waals surface area contributed by atoms with Crippen LogP contribution in [0.3, 0.4) is 0 Å². The van der Waals surface area contributed by atoms with Gasteiger partial charge in [-0.15, -0.1) is 11.3 Å². The summed E-state index contributed by atoms with van der Waals surface area (Å²) in [6.45, 7) is 1.95. The van der Waals surface area contributed by atoms with Gasteiger partial charge in [0.15, 0.2) is 0 Å². The molecule has 0 radical (unpaired) electrons. The summed E-state index contributed by atoms with van der Waals surface area (Å²) in [5.41, 5.74) is 0.330. The van der Waals surface area contributed by atoms with Crippen molar-refractivity contribution in [3.05, 3.63) is 45.9 Å². The SMILES string of the molecule is Cc1cnc(C(NS(=O)(=O)c2cccc(C#N)c2)C2CC2)s1. The summed E-state index contributed by atoms with van der Waals surface area (Å²) < 4.78 is 27.9. The summed E-state index contributed by atoms with van der Waals surface area (Å²) >= 11 is 1.52. The fourth-order valence-corrected chi connectivity index (χ4v) is 4.57. The molecule has 22 heavy (non-hydrogen) atoms. The molecular weight excluding hydrogens is 318 g/mol. The molecule has 114 valence electrons. The molecule has 5 nitrogen and oxygen atoms in total. The smallest absolute Gasteiger partial charge is 0.241 e. The van der Waals surface area contributed by atoms with E-state index in [1.165, 1.54) is 23.5 Å². The number of aryl methyl sites for hydroxylation is 1. The number of aromatic nitrogens is 1. The fourth-order valence-electron chi connectivity index (χ4n) is 2.26. The second-order valence-electron chi connectivity index (χ2n) is 5.39. The molecule has 0 saturated heterocycles. The van der Waals surface area contributed by atoms with Crippen molar-refractivity contribution < 1.29 is 8.42 Å². The zero-order valence-corrected chi connectivity index (χ0v) is 13.6. The lowest BCUT2D eigenvalue weighted by Gasteiger charge is -2.16. The molecule has 2 aromatic rings. The lowest BCUT2D eigenvalue weighted by atomic mass is 10.2. The Labute approximate surface area is 133 Å². The summed E-state index contributed by atoms with van der Waals surface area (Å²) in [5, 5.41) is 9.72. The Kier molecular flexibility index (Phi) is 4.00. The van der Waals surface area contributed by atoms with Gasteiger partial charge in [-0.2, -0.15) is 5.26 Å². The number of nitriles is 1. The number of nitrogens with one attached hydrogen (secondary N) is 1. The minimum atomic E-state index is -3.67. The van der Waals surface area contributed by atoms with Gasteiger partial charge in [0.05, 0.1) is 22.6 Å². The molecule has 1 N–H and O–H groups in total. The molecule has 0 spiro atoms. The first kappa shape index (κ1) is 15.2. The van der Waals surface area contributed by atoms with Gasteiger partial charge in [-0.25, -0.2) is 18.1 Å². The van der Waals surface area contributed by atoms with Gasteiger partial charge >= 0.3 is 0 Å². The third-order valence-electron chi connectivity index (χ3n) is 3.55. The number of nitrogens with zero attached hydrogens (tertiary/aromatic N) is 2. The van der Waals surface area contributed by atoms with Crippen LogP contribution in [0.25, 0.3) is 0 Å². The van der Waals surface area contributed by atoms with Gasteiger partial charge in [0.25, 0.3) is 0 Å². The average Bonchev–Trinajstić information content (AvgIpc) is 3.26. The highest BCUT2D eigenvalue weighted by Crippen LogP contribution is 2.42. The molecule has 1 unspecified atom stereocenters. The molecule has 1 aliphatic carbocycles. The Bertz CT molecular complexity index is 832. The first-order valence-corrected chi connectivity index (χ1v) is 9.24. The van der Waals surface area contributed by atoms with Crippen molar-refractivity contribution in [3.8, 4) is 6.07 Å². The van der Waals surface area contributed by atoms with Crippen LogP contribution in [-0.4, -0.2) is 13.4 Å². The van der Waals surface area contributed by atoms with Crippen LogP contribution >= 0.6 is 11.3 Å². The molecule has 3 rings (SSSR count). The van der Waals surface area contributed by atoms with Crippen LogP contribution in [-0.2, 0) is 10.0 Å². The van der Waals surface area contributed by atoms with Crippen LogP contribution in [0.5, 0.6) is 0 Å². The average molecular weight is 333 g/mol. The molecule has 1 aromatic heterocycles. The Balaban J connectivity index is 1.90. The number of hydrogen-bond acceptors (Lipinski definition) is 5. The van der Waals surface area contributed by atoms with Gasteiger partial charge in [-0.3, -0.25) is 0 Å². The van der Waals surface area contributed by atoms with Crippen molar-refractivity contribution in [1.29, 1.82) is 5.26 Å². The van der Waals surface area contributed by atoms with Crippen LogP contribution in [0, 0.1) is 24.2 Å². The second-order valence-corrected chi connectivity index (χ2v) is 8.37. The van der Waals surface area contributed by atoms with Crippen molar-refractivity contribution >= 4 is 21.4 Å². The van der Waals surface area contributed by atoms with Crippen molar-refractivity contribution in [2.45, 2.75) is 30.7 Å². The molecule has 0 amide bonds. The summed E-state index contributed by atoms with van der Waals surface area (Å²) in [5.74, 6) is 0.305. The maximum Gasteiger partial charge on any atom is 0.241 e. The highest BCUT2D eigenvalue weighted by Gasteiger charge is 2.37. The molecule has 7 heteroatoms. The molecule has 1 aromatic carbocycles. The lowest BCUT2D eigenvalue weighted by Crippen LogP contribution is -2.30. The third kappa shape index (κ3) is 3.19. The topological polar surface area (TPSA) is 82.8 Å². The summed E-state index contributed by atoms with van der Waals surface area (Å²) in [6, 6.07) is 7.73. The Morgan fingerprint density at radius 3 is 2.82 bits per heavy atom. The molecular formula is C15H15N3O2S2. The summed E-state index contributed by atoms with van der Waals surface area (Å²) in [7, 11) is -3.67. The summed E-state index contributed by atoms with van der Waals surface area (Å²) in [4.78, 5) is 5.51. The highest BCUT2D eigenvalue weighted by atomic mass is 32.2. The van der Waals surface area contributed by atoms with Gasteiger partial charge in [-0.05, 0) is 43.9 Å². The first-order chi connectivity index (χ1) is 10.5. The zero-order chi connectivity index (χ0) is 15.7. The van der Waals surface area contributed by atoms with Gasteiger partial charge in [0.1, 0.15) is 5.01 Å². The van der Waals surface area contributed by atoms with E-state index in [-0.39, 0.29) is 10.9 Å². The monoisotopic (exact) mass is 333 g/mol. The van der Waals surface area contributed by atoms with Crippen LogP contribution in [0.4, 0.5) is 0 Å². The van der Waals surface area contributed by atoms with E-state index >= 15 is 0 Å². The molecule has 1 heterocycles. The Hall–Kier alpha value is -1.75. The largest absolute Gasteiger partial charge is 0.248 e. The van der Waals surface area contributed by atoms with E-state index in [4.69, 9.17) is 5.26 Å². The molecule has 1 atom stereocenters. The predicted molar refractivity (Wildman–Crippen MR) is 83.8 cm³/mol. The van der Waals surface area contributed by atoms with E-state index in [2.05, 4.69) is 9.71 Å². The molecule has 0 aliphatic heterocycles. The van der Waals surface area contributed by atoms with E-state index < -0.39 is 10.0 Å².